The second kappa shape index (κ2) is 8.97. The molecule has 6 heteroatoms. The lowest BCUT2D eigenvalue weighted by molar-refractivity contribution is -0.137. The van der Waals surface area contributed by atoms with E-state index >= 15 is 0 Å². The average Bonchev–Trinajstić information content (AvgIpc) is 3.40. The Kier molecular flexibility index (Phi) is 6.16. The molecule has 1 aromatic carbocycles. The number of nitrogens with one attached hydrogen (secondary N) is 2. The monoisotopic (exact) mass is 397 g/mol. The predicted octanol–water partition coefficient (Wildman–Crippen LogP) is 2.49. The van der Waals surface area contributed by atoms with Crippen LogP contribution in [0.4, 0.5) is 0 Å². The van der Waals surface area contributed by atoms with Crippen molar-refractivity contribution < 1.29 is 14.4 Å². The molecule has 1 atom stereocenters. The van der Waals surface area contributed by atoms with Crippen LogP contribution in [0.5, 0.6) is 0 Å². The van der Waals surface area contributed by atoms with Gasteiger partial charge < -0.3 is 15.5 Å². The van der Waals surface area contributed by atoms with Gasteiger partial charge in [0.1, 0.15) is 6.04 Å². The fraction of sp³-hybridized carbons (Fsp3) is 0.609. The normalized spacial score (nSPS) is 21.6. The van der Waals surface area contributed by atoms with Gasteiger partial charge in [0.2, 0.25) is 11.8 Å². The third-order valence-electron chi connectivity index (χ3n) is 6.56. The molecule has 0 spiro atoms. The number of carbonyl (C=O) groups excluding carboxylic acids is 3. The molecule has 1 aliphatic heterocycles. The van der Waals surface area contributed by atoms with Gasteiger partial charge in [-0.05, 0) is 56.6 Å². The maximum absolute atomic E-state index is 12.9. The van der Waals surface area contributed by atoms with Crippen LogP contribution in [-0.4, -0.2) is 47.8 Å². The first kappa shape index (κ1) is 19.9. The second-order valence-corrected chi connectivity index (χ2v) is 8.74. The minimum atomic E-state index is -0.549. The fourth-order valence-electron chi connectivity index (χ4n) is 4.61. The molecule has 3 fully saturated rings. The van der Waals surface area contributed by atoms with Crippen molar-refractivity contribution in [2.24, 2.45) is 11.8 Å². The van der Waals surface area contributed by atoms with Crippen LogP contribution in [0.25, 0.3) is 0 Å². The second-order valence-electron chi connectivity index (χ2n) is 8.74. The van der Waals surface area contributed by atoms with Crippen LogP contribution in [-0.2, 0) is 9.59 Å². The first-order chi connectivity index (χ1) is 14.1. The topological polar surface area (TPSA) is 78.5 Å². The van der Waals surface area contributed by atoms with Crippen molar-refractivity contribution >= 4 is 17.7 Å². The maximum Gasteiger partial charge on any atom is 0.251 e. The molecule has 156 valence electrons. The molecule has 0 aromatic heterocycles. The van der Waals surface area contributed by atoms with Crippen LogP contribution in [0.2, 0.25) is 0 Å². The molecule has 0 radical (unpaired) electrons. The molecular weight excluding hydrogens is 366 g/mol. The molecule has 29 heavy (non-hydrogen) atoms. The average molecular weight is 398 g/mol. The predicted molar refractivity (Wildman–Crippen MR) is 110 cm³/mol. The first-order valence-corrected chi connectivity index (χ1v) is 11.1. The van der Waals surface area contributed by atoms with Crippen molar-refractivity contribution in [3.8, 4) is 0 Å². The molecule has 2 N–H and O–H groups in total. The standard InChI is InChI=1S/C23H31N3O3/c27-21(17-6-2-1-3-7-17)25-20(22(28)24-19-10-11-19)16-12-14-26(15-13-16)23(29)18-8-4-5-9-18/h1-3,6-7,16,18-20H,4-5,8-15H2,(H,24,28)(H,25,27)/t20-/m0/s1. The molecule has 3 amide bonds. The minimum absolute atomic E-state index is 0.0500. The van der Waals surface area contributed by atoms with Crippen LogP contribution >= 0.6 is 0 Å². The van der Waals surface area contributed by atoms with Gasteiger partial charge in [-0.15, -0.1) is 0 Å². The Morgan fingerprint density at radius 1 is 0.897 bits per heavy atom. The van der Waals surface area contributed by atoms with Crippen molar-refractivity contribution in [3.63, 3.8) is 0 Å². The third-order valence-corrected chi connectivity index (χ3v) is 6.56. The smallest absolute Gasteiger partial charge is 0.251 e. The molecule has 2 aliphatic carbocycles. The quantitative estimate of drug-likeness (QED) is 0.774. The van der Waals surface area contributed by atoms with Crippen LogP contribution in [0.3, 0.4) is 0 Å². The summed E-state index contributed by atoms with van der Waals surface area (Å²) in [7, 11) is 0. The summed E-state index contributed by atoms with van der Waals surface area (Å²) in [4.78, 5) is 40.3. The van der Waals surface area contributed by atoms with Gasteiger partial charge in [-0.1, -0.05) is 31.0 Å². The highest BCUT2D eigenvalue weighted by Crippen LogP contribution is 2.29. The molecule has 4 rings (SSSR count). The molecule has 0 unspecified atom stereocenters. The van der Waals surface area contributed by atoms with E-state index in [0.717, 1.165) is 51.4 Å². The minimum Gasteiger partial charge on any atom is -0.352 e. The van der Waals surface area contributed by atoms with Crippen LogP contribution in [0, 0.1) is 11.8 Å². The molecule has 3 aliphatic rings. The SMILES string of the molecule is O=C(N[C@H](C(=O)NC1CC1)C1CCN(C(=O)C2CCCC2)CC1)c1ccccc1. The number of amides is 3. The number of likely N-dealkylation sites (tertiary alicyclic amines) is 1. The van der Waals surface area contributed by atoms with E-state index < -0.39 is 6.04 Å². The number of benzene rings is 1. The zero-order chi connectivity index (χ0) is 20.2. The summed E-state index contributed by atoms with van der Waals surface area (Å²) in [6.07, 6.45) is 7.85. The number of nitrogens with zero attached hydrogens (tertiary/aromatic N) is 1. The molecular formula is C23H31N3O3. The van der Waals surface area contributed by atoms with Gasteiger partial charge in [-0.25, -0.2) is 0 Å². The summed E-state index contributed by atoms with van der Waals surface area (Å²) >= 11 is 0. The molecule has 6 nitrogen and oxygen atoms in total. The molecule has 1 aromatic rings. The van der Waals surface area contributed by atoms with Crippen molar-refractivity contribution in [3.05, 3.63) is 35.9 Å². The Labute approximate surface area is 172 Å². The zero-order valence-electron chi connectivity index (χ0n) is 16.9. The van der Waals surface area contributed by atoms with E-state index in [2.05, 4.69) is 10.6 Å². The zero-order valence-corrected chi connectivity index (χ0v) is 16.9. The lowest BCUT2D eigenvalue weighted by Crippen LogP contribution is -2.54. The van der Waals surface area contributed by atoms with Crippen LogP contribution in [0.1, 0.15) is 61.7 Å². The van der Waals surface area contributed by atoms with Gasteiger partial charge in [-0.2, -0.15) is 0 Å². The Hall–Kier alpha value is -2.37. The fourth-order valence-corrected chi connectivity index (χ4v) is 4.61. The number of hydrogen-bond donors (Lipinski definition) is 2. The van der Waals surface area contributed by atoms with Crippen LogP contribution < -0.4 is 10.6 Å². The van der Waals surface area contributed by atoms with Crippen LogP contribution in [0.15, 0.2) is 30.3 Å². The Balaban J connectivity index is 1.39. The molecule has 1 saturated heterocycles. The number of rotatable bonds is 6. The summed E-state index contributed by atoms with van der Waals surface area (Å²) in [6.45, 7) is 1.35. The van der Waals surface area contributed by atoms with E-state index in [-0.39, 0.29) is 35.6 Å². The highest BCUT2D eigenvalue weighted by atomic mass is 16.2. The van der Waals surface area contributed by atoms with E-state index in [1.165, 1.54) is 0 Å². The molecule has 0 bridgehead atoms. The summed E-state index contributed by atoms with van der Waals surface area (Å²) in [5.74, 6) is 0.226. The van der Waals surface area contributed by atoms with Gasteiger partial charge in [0.05, 0.1) is 0 Å². The molecule has 1 heterocycles. The highest BCUT2D eigenvalue weighted by Gasteiger charge is 2.37. The van der Waals surface area contributed by atoms with Gasteiger partial charge in [0.25, 0.3) is 5.91 Å². The van der Waals surface area contributed by atoms with Crippen molar-refractivity contribution in [1.29, 1.82) is 0 Å². The number of piperidine rings is 1. The van der Waals surface area contributed by atoms with Crippen molar-refractivity contribution in [1.82, 2.24) is 15.5 Å². The summed E-state index contributed by atoms with van der Waals surface area (Å²) in [5.41, 5.74) is 0.561. The van der Waals surface area contributed by atoms with E-state index in [1.54, 1.807) is 12.1 Å². The van der Waals surface area contributed by atoms with Crippen molar-refractivity contribution in [2.75, 3.05) is 13.1 Å². The van der Waals surface area contributed by atoms with Gasteiger partial charge in [0.15, 0.2) is 0 Å². The Morgan fingerprint density at radius 2 is 1.55 bits per heavy atom. The lowest BCUT2D eigenvalue weighted by atomic mass is 9.87. The summed E-state index contributed by atoms with van der Waals surface area (Å²) in [6, 6.07) is 8.73. The Bertz CT molecular complexity index is 733. The number of carbonyl (C=O) groups is 3. The summed E-state index contributed by atoms with van der Waals surface area (Å²) < 4.78 is 0. The Morgan fingerprint density at radius 3 is 2.17 bits per heavy atom. The molecule has 2 saturated carbocycles. The van der Waals surface area contributed by atoms with E-state index in [0.29, 0.717) is 18.7 Å². The lowest BCUT2D eigenvalue weighted by Gasteiger charge is -2.36. The van der Waals surface area contributed by atoms with Crippen molar-refractivity contribution in [2.45, 2.75) is 63.5 Å². The van der Waals surface area contributed by atoms with E-state index in [9.17, 15) is 14.4 Å². The first-order valence-electron chi connectivity index (χ1n) is 11.1. The van der Waals surface area contributed by atoms with Gasteiger partial charge in [0, 0.05) is 30.6 Å². The largest absolute Gasteiger partial charge is 0.352 e. The van der Waals surface area contributed by atoms with Gasteiger partial charge >= 0.3 is 0 Å². The summed E-state index contributed by atoms with van der Waals surface area (Å²) in [5, 5.41) is 6.03. The third kappa shape index (κ3) is 4.98. The van der Waals surface area contributed by atoms with Gasteiger partial charge in [-0.3, -0.25) is 14.4 Å². The highest BCUT2D eigenvalue weighted by molar-refractivity contribution is 5.97. The number of hydrogen-bond acceptors (Lipinski definition) is 3. The van der Waals surface area contributed by atoms with E-state index in [4.69, 9.17) is 0 Å². The maximum atomic E-state index is 12.9. The van der Waals surface area contributed by atoms with E-state index in [1.807, 2.05) is 23.1 Å².